The Hall–Kier alpha value is -2.37. The molecule has 0 radical (unpaired) electrons. The summed E-state index contributed by atoms with van der Waals surface area (Å²) in [4.78, 5) is 4.34. The molecule has 0 aliphatic carbocycles. The number of aromatic nitrogens is 3. The summed E-state index contributed by atoms with van der Waals surface area (Å²) in [6, 6.07) is 9.90. The van der Waals surface area contributed by atoms with Gasteiger partial charge in [-0.2, -0.15) is 18.3 Å². The number of pyridine rings is 1. The van der Waals surface area contributed by atoms with Crippen LogP contribution in [0.2, 0.25) is 0 Å². The van der Waals surface area contributed by atoms with E-state index < -0.39 is 11.7 Å². The van der Waals surface area contributed by atoms with Crippen molar-refractivity contribution in [1.82, 2.24) is 14.8 Å². The van der Waals surface area contributed by atoms with E-state index in [1.165, 1.54) is 4.68 Å². The lowest BCUT2D eigenvalue weighted by molar-refractivity contribution is -0.136. The Kier molecular flexibility index (Phi) is 2.97. The van der Waals surface area contributed by atoms with E-state index in [0.717, 1.165) is 6.07 Å². The molecule has 2 heterocycles. The molecular formula is C15H12F3N3. The fraction of sp³-hybridized carbons (Fsp3) is 0.200. The van der Waals surface area contributed by atoms with Crippen molar-refractivity contribution in [3.63, 3.8) is 0 Å². The van der Waals surface area contributed by atoms with Gasteiger partial charge in [-0.05, 0) is 13.0 Å². The van der Waals surface area contributed by atoms with Crippen LogP contribution in [0.4, 0.5) is 13.2 Å². The van der Waals surface area contributed by atoms with Gasteiger partial charge < -0.3 is 0 Å². The van der Waals surface area contributed by atoms with Crippen LogP contribution in [0.1, 0.15) is 11.3 Å². The van der Waals surface area contributed by atoms with Gasteiger partial charge in [-0.1, -0.05) is 30.3 Å². The average molecular weight is 291 g/mol. The molecule has 0 atom stereocenters. The highest BCUT2D eigenvalue weighted by Gasteiger charge is 2.35. The zero-order valence-corrected chi connectivity index (χ0v) is 11.4. The summed E-state index contributed by atoms with van der Waals surface area (Å²) in [5.74, 6) is 0. The van der Waals surface area contributed by atoms with Crippen LogP contribution in [0.5, 0.6) is 0 Å². The highest BCUT2D eigenvalue weighted by Crippen LogP contribution is 2.37. The minimum atomic E-state index is -4.45. The highest BCUT2D eigenvalue weighted by atomic mass is 19.4. The van der Waals surface area contributed by atoms with E-state index in [9.17, 15) is 13.2 Å². The maximum atomic E-state index is 13.3. The van der Waals surface area contributed by atoms with Crippen LogP contribution in [0.15, 0.2) is 36.4 Å². The molecule has 2 aromatic heterocycles. The normalized spacial score (nSPS) is 12.0. The summed E-state index contributed by atoms with van der Waals surface area (Å²) in [5.41, 5.74) is 0.798. The number of halogens is 3. The largest absolute Gasteiger partial charge is 0.417 e. The number of alkyl halides is 3. The predicted octanol–water partition coefficient (Wildman–Crippen LogP) is 3.96. The fourth-order valence-corrected chi connectivity index (χ4v) is 2.43. The van der Waals surface area contributed by atoms with E-state index in [0.29, 0.717) is 17.0 Å². The maximum Gasteiger partial charge on any atom is 0.417 e. The van der Waals surface area contributed by atoms with Gasteiger partial charge in [0.05, 0.1) is 22.3 Å². The van der Waals surface area contributed by atoms with Gasteiger partial charge in [-0.3, -0.25) is 4.68 Å². The second-order valence-electron chi connectivity index (χ2n) is 4.83. The van der Waals surface area contributed by atoms with Crippen molar-refractivity contribution in [2.45, 2.75) is 13.1 Å². The average Bonchev–Trinajstić information content (AvgIpc) is 2.73. The van der Waals surface area contributed by atoms with Gasteiger partial charge in [0, 0.05) is 12.6 Å². The van der Waals surface area contributed by atoms with Crippen LogP contribution in [-0.2, 0) is 13.2 Å². The first-order valence-electron chi connectivity index (χ1n) is 6.35. The molecule has 0 saturated carbocycles. The van der Waals surface area contributed by atoms with Crippen molar-refractivity contribution in [2.24, 2.45) is 7.05 Å². The molecule has 3 aromatic rings. The van der Waals surface area contributed by atoms with Gasteiger partial charge in [-0.25, -0.2) is 4.98 Å². The molecule has 0 N–H and O–H groups in total. The van der Waals surface area contributed by atoms with Crippen molar-refractivity contribution >= 4 is 11.0 Å². The summed E-state index contributed by atoms with van der Waals surface area (Å²) in [6.07, 6.45) is -4.45. The summed E-state index contributed by atoms with van der Waals surface area (Å²) in [6.45, 7) is 1.56. The molecule has 0 spiro atoms. The van der Waals surface area contributed by atoms with Crippen LogP contribution in [-0.4, -0.2) is 14.8 Å². The van der Waals surface area contributed by atoms with Crippen LogP contribution in [0.3, 0.4) is 0 Å². The molecule has 0 saturated heterocycles. The number of aryl methyl sites for hydroxylation is 2. The van der Waals surface area contributed by atoms with Gasteiger partial charge in [0.2, 0.25) is 0 Å². The van der Waals surface area contributed by atoms with Crippen molar-refractivity contribution in [3.05, 3.63) is 47.7 Å². The summed E-state index contributed by atoms with van der Waals surface area (Å²) in [5, 5.41) is 4.11. The van der Waals surface area contributed by atoms with Gasteiger partial charge in [0.15, 0.2) is 5.65 Å². The number of hydrogen-bond donors (Lipinski definition) is 0. The fourth-order valence-electron chi connectivity index (χ4n) is 2.43. The number of nitrogens with zero attached hydrogens (tertiary/aromatic N) is 3. The zero-order chi connectivity index (χ0) is 15.2. The topological polar surface area (TPSA) is 30.7 Å². The van der Waals surface area contributed by atoms with Gasteiger partial charge in [0.1, 0.15) is 0 Å². The monoisotopic (exact) mass is 291 g/mol. The highest BCUT2D eigenvalue weighted by molar-refractivity contribution is 5.85. The van der Waals surface area contributed by atoms with Gasteiger partial charge in [-0.15, -0.1) is 0 Å². The minimum absolute atomic E-state index is 0.0599. The minimum Gasteiger partial charge on any atom is -0.250 e. The maximum absolute atomic E-state index is 13.3. The van der Waals surface area contributed by atoms with Gasteiger partial charge >= 0.3 is 6.18 Å². The standard InChI is InChI=1S/C15H12F3N3/c1-9-13-11(15(16,17)18)8-12(10-6-4-3-5-7-10)19-14(13)21(2)20-9/h3-8H,1-2H3. The predicted molar refractivity (Wildman–Crippen MR) is 73.7 cm³/mol. The van der Waals surface area contributed by atoms with Crippen molar-refractivity contribution in [3.8, 4) is 11.3 Å². The molecule has 108 valence electrons. The van der Waals surface area contributed by atoms with Crippen LogP contribution in [0, 0.1) is 6.92 Å². The molecule has 0 bridgehead atoms. The van der Waals surface area contributed by atoms with E-state index in [-0.39, 0.29) is 11.0 Å². The van der Waals surface area contributed by atoms with Crippen molar-refractivity contribution in [1.29, 1.82) is 0 Å². The molecule has 0 aliphatic rings. The molecule has 3 rings (SSSR count). The summed E-state index contributed by atoms with van der Waals surface area (Å²) >= 11 is 0. The Balaban J connectivity index is 2.38. The Morgan fingerprint density at radius 3 is 2.38 bits per heavy atom. The summed E-state index contributed by atoms with van der Waals surface area (Å²) < 4.78 is 41.4. The number of fused-ring (bicyclic) bond motifs is 1. The molecule has 0 amide bonds. The second-order valence-corrected chi connectivity index (χ2v) is 4.83. The third-order valence-corrected chi connectivity index (χ3v) is 3.34. The van der Waals surface area contributed by atoms with E-state index in [1.807, 2.05) is 0 Å². The first kappa shape index (κ1) is 13.6. The molecule has 0 aliphatic heterocycles. The second kappa shape index (κ2) is 4.58. The molecule has 0 fully saturated rings. The van der Waals surface area contributed by atoms with Gasteiger partial charge in [0.25, 0.3) is 0 Å². The summed E-state index contributed by atoms with van der Waals surface area (Å²) in [7, 11) is 1.59. The number of rotatable bonds is 1. The lowest BCUT2D eigenvalue weighted by Crippen LogP contribution is -2.07. The van der Waals surface area contributed by atoms with Crippen molar-refractivity contribution < 1.29 is 13.2 Å². The molecule has 3 nitrogen and oxygen atoms in total. The first-order valence-corrected chi connectivity index (χ1v) is 6.35. The quantitative estimate of drug-likeness (QED) is 0.679. The third-order valence-electron chi connectivity index (χ3n) is 3.34. The number of hydrogen-bond acceptors (Lipinski definition) is 2. The lowest BCUT2D eigenvalue weighted by atomic mass is 10.1. The van der Waals surface area contributed by atoms with E-state index >= 15 is 0 Å². The van der Waals surface area contributed by atoms with Crippen LogP contribution in [0.25, 0.3) is 22.3 Å². The molecule has 1 aromatic carbocycles. The van der Waals surface area contributed by atoms with E-state index in [2.05, 4.69) is 10.1 Å². The van der Waals surface area contributed by atoms with E-state index in [1.54, 1.807) is 44.3 Å². The van der Waals surface area contributed by atoms with Crippen LogP contribution >= 0.6 is 0 Å². The molecule has 21 heavy (non-hydrogen) atoms. The third kappa shape index (κ3) is 2.26. The molecular weight excluding hydrogens is 279 g/mol. The number of benzene rings is 1. The first-order chi connectivity index (χ1) is 9.88. The molecule has 0 unspecified atom stereocenters. The molecule has 6 heteroatoms. The lowest BCUT2D eigenvalue weighted by Gasteiger charge is -2.11. The zero-order valence-electron chi connectivity index (χ0n) is 11.4. The van der Waals surface area contributed by atoms with Crippen LogP contribution < -0.4 is 0 Å². The smallest absolute Gasteiger partial charge is 0.250 e. The van der Waals surface area contributed by atoms with E-state index in [4.69, 9.17) is 0 Å². The Bertz CT molecular complexity index is 804. The SMILES string of the molecule is Cc1nn(C)c2nc(-c3ccccc3)cc(C(F)(F)F)c12. The Labute approximate surface area is 119 Å². The Morgan fingerprint density at radius 1 is 1.10 bits per heavy atom. The Morgan fingerprint density at radius 2 is 1.76 bits per heavy atom. The van der Waals surface area contributed by atoms with Crippen molar-refractivity contribution in [2.75, 3.05) is 0 Å².